The van der Waals surface area contributed by atoms with Crippen LogP contribution in [0, 0.1) is 5.92 Å². The second kappa shape index (κ2) is 4.35. The highest BCUT2D eigenvalue weighted by molar-refractivity contribution is 7.10. The average Bonchev–Trinajstić information content (AvgIpc) is 2.67. The van der Waals surface area contributed by atoms with Gasteiger partial charge in [0.2, 0.25) is 0 Å². The van der Waals surface area contributed by atoms with Crippen molar-refractivity contribution < 1.29 is 4.74 Å². The lowest BCUT2D eigenvalue weighted by atomic mass is 10.1. The molecule has 1 aromatic rings. The Morgan fingerprint density at radius 1 is 1.50 bits per heavy atom. The number of hydrogen-bond donors (Lipinski definition) is 0. The van der Waals surface area contributed by atoms with E-state index in [1.54, 1.807) is 0 Å². The maximum Gasteiger partial charge on any atom is 0.136 e. The van der Waals surface area contributed by atoms with Gasteiger partial charge >= 0.3 is 0 Å². The zero-order valence-corrected chi connectivity index (χ0v) is 9.82. The Morgan fingerprint density at radius 2 is 2.36 bits per heavy atom. The first kappa shape index (κ1) is 10.0. The van der Waals surface area contributed by atoms with Crippen LogP contribution in [0.4, 0.5) is 0 Å². The van der Waals surface area contributed by atoms with Crippen LogP contribution in [0.25, 0.3) is 0 Å². The van der Waals surface area contributed by atoms with Crippen LogP contribution in [-0.2, 0) is 12.8 Å². The summed E-state index contributed by atoms with van der Waals surface area (Å²) in [7, 11) is 0. The molecule has 0 aromatic carbocycles. The van der Waals surface area contributed by atoms with Gasteiger partial charge in [0.25, 0.3) is 0 Å². The van der Waals surface area contributed by atoms with Crippen molar-refractivity contribution in [2.75, 3.05) is 6.61 Å². The molecule has 0 spiro atoms. The molecular formula is C12H18OS. The van der Waals surface area contributed by atoms with E-state index in [-0.39, 0.29) is 0 Å². The molecule has 0 amide bonds. The molecule has 0 radical (unpaired) electrons. The molecule has 0 saturated carbocycles. The Bertz CT molecular complexity index is 301. The van der Waals surface area contributed by atoms with Crippen LogP contribution < -0.4 is 4.74 Å². The lowest BCUT2D eigenvalue weighted by Gasteiger charge is -2.04. The zero-order valence-electron chi connectivity index (χ0n) is 9.01. The maximum atomic E-state index is 5.64. The van der Waals surface area contributed by atoms with Gasteiger partial charge in [0, 0.05) is 16.9 Å². The van der Waals surface area contributed by atoms with Gasteiger partial charge in [0.15, 0.2) is 0 Å². The number of rotatable bonds is 4. The molecule has 0 N–H and O–H groups in total. The van der Waals surface area contributed by atoms with Crippen LogP contribution in [-0.4, -0.2) is 6.61 Å². The number of fused-ring (bicyclic) bond motifs is 1. The van der Waals surface area contributed by atoms with Crippen molar-refractivity contribution >= 4 is 11.3 Å². The summed E-state index contributed by atoms with van der Waals surface area (Å²) in [5, 5.41) is 2.27. The standard InChI is InChI=1S/C12H18OS/c1-9(2)4-3-5-11-12-10(8-14-11)6-7-13-12/h8-9H,3-7H2,1-2H3. The van der Waals surface area contributed by atoms with E-state index in [4.69, 9.17) is 4.74 Å². The SMILES string of the molecule is CC(C)CCCc1scc2c1OCC2. The van der Waals surface area contributed by atoms with Crippen LogP contribution >= 0.6 is 11.3 Å². The van der Waals surface area contributed by atoms with Gasteiger partial charge < -0.3 is 4.74 Å². The Labute approximate surface area is 90.1 Å². The smallest absolute Gasteiger partial charge is 0.136 e. The summed E-state index contributed by atoms with van der Waals surface area (Å²) in [5.41, 5.74) is 1.44. The highest BCUT2D eigenvalue weighted by atomic mass is 32.1. The second-order valence-electron chi connectivity index (χ2n) is 4.40. The van der Waals surface area contributed by atoms with Crippen molar-refractivity contribution in [2.45, 2.75) is 39.5 Å². The fraction of sp³-hybridized carbons (Fsp3) is 0.667. The Balaban J connectivity index is 1.90. The van der Waals surface area contributed by atoms with Gasteiger partial charge in [-0.05, 0) is 24.1 Å². The van der Waals surface area contributed by atoms with E-state index in [1.165, 1.54) is 35.5 Å². The summed E-state index contributed by atoms with van der Waals surface area (Å²) >= 11 is 1.88. The third-order valence-electron chi connectivity index (χ3n) is 2.69. The Morgan fingerprint density at radius 3 is 3.14 bits per heavy atom. The molecule has 1 aliphatic rings. The van der Waals surface area contributed by atoms with Crippen LogP contribution in [0.3, 0.4) is 0 Å². The van der Waals surface area contributed by atoms with Crippen molar-refractivity contribution in [2.24, 2.45) is 5.92 Å². The first-order valence-electron chi connectivity index (χ1n) is 5.49. The van der Waals surface area contributed by atoms with E-state index >= 15 is 0 Å². The number of ether oxygens (including phenoxy) is 1. The van der Waals surface area contributed by atoms with E-state index in [0.717, 1.165) is 18.9 Å². The molecule has 0 aliphatic carbocycles. The highest BCUT2D eigenvalue weighted by Gasteiger charge is 2.17. The van der Waals surface area contributed by atoms with E-state index < -0.39 is 0 Å². The van der Waals surface area contributed by atoms with Crippen molar-refractivity contribution in [3.63, 3.8) is 0 Å². The van der Waals surface area contributed by atoms with Crippen LogP contribution in [0.15, 0.2) is 5.38 Å². The quantitative estimate of drug-likeness (QED) is 0.737. The lowest BCUT2D eigenvalue weighted by Crippen LogP contribution is -1.92. The highest BCUT2D eigenvalue weighted by Crippen LogP contribution is 2.36. The van der Waals surface area contributed by atoms with Crippen molar-refractivity contribution in [3.05, 3.63) is 15.8 Å². The van der Waals surface area contributed by atoms with Gasteiger partial charge in [-0.2, -0.15) is 0 Å². The normalized spacial score (nSPS) is 14.5. The molecular weight excluding hydrogens is 192 g/mol. The molecule has 2 heteroatoms. The maximum absolute atomic E-state index is 5.64. The minimum atomic E-state index is 0.823. The molecule has 14 heavy (non-hydrogen) atoms. The average molecular weight is 210 g/mol. The van der Waals surface area contributed by atoms with E-state index in [9.17, 15) is 0 Å². The molecule has 0 fully saturated rings. The van der Waals surface area contributed by atoms with Crippen molar-refractivity contribution in [3.8, 4) is 5.75 Å². The van der Waals surface area contributed by atoms with Crippen LogP contribution in [0.2, 0.25) is 0 Å². The molecule has 0 bridgehead atoms. The van der Waals surface area contributed by atoms with E-state index in [2.05, 4.69) is 19.2 Å². The molecule has 1 aromatic heterocycles. The summed E-state index contributed by atoms with van der Waals surface area (Å²) in [6.07, 6.45) is 4.95. The van der Waals surface area contributed by atoms with Crippen molar-refractivity contribution in [1.29, 1.82) is 0 Å². The minimum Gasteiger partial charge on any atom is -0.492 e. The van der Waals surface area contributed by atoms with Gasteiger partial charge in [0.05, 0.1) is 6.61 Å². The minimum absolute atomic E-state index is 0.823. The van der Waals surface area contributed by atoms with Gasteiger partial charge in [-0.25, -0.2) is 0 Å². The molecule has 0 atom stereocenters. The van der Waals surface area contributed by atoms with E-state index in [0.29, 0.717) is 0 Å². The molecule has 2 rings (SSSR count). The largest absolute Gasteiger partial charge is 0.492 e. The molecule has 0 unspecified atom stereocenters. The molecule has 1 nitrogen and oxygen atoms in total. The fourth-order valence-corrected chi connectivity index (χ4v) is 2.95. The summed E-state index contributed by atoms with van der Waals surface area (Å²) in [4.78, 5) is 1.47. The third-order valence-corrected chi connectivity index (χ3v) is 3.77. The Kier molecular flexibility index (Phi) is 3.12. The number of hydrogen-bond acceptors (Lipinski definition) is 2. The van der Waals surface area contributed by atoms with Gasteiger partial charge in [-0.3, -0.25) is 0 Å². The van der Waals surface area contributed by atoms with Gasteiger partial charge in [-0.15, -0.1) is 11.3 Å². The molecule has 0 saturated heterocycles. The molecule has 2 heterocycles. The van der Waals surface area contributed by atoms with Crippen LogP contribution in [0.5, 0.6) is 5.75 Å². The zero-order chi connectivity index (χ0) is 9.97. The van der Waals surface area contributed by atoms with Gasteiger partial charge in [-0.1, -0.05) is 20.3 Å². The number of thiophene rings is 1. The Hall–Kier alpha value is -0.500. The summed E-state index contributed by atoms with van der Waals surface area (Å²) < 4.78 is 5.64. The molecule has 1 aliphatic heterocycles. The molecule has 78 valence electrons. The topological polar surface area (TPSA) is 9.23 Å². The predicted octanol–water partition coefficient (Wildman–Crippen LogP) is 3.66. The predicted molar refractivity (Wildman–Crippen MR) is 61.3 cm³/mol. The van der Waals surface area contributed by atoms with Crippen molar-refractivity contribution in [1.82, 2.24) is 0 Å². The summed E-state index contributed by atoms with van der Waals surface area (Å²) in [6, 6.07) is 0. The lowest BCUT2D eigenvalue weighted by molar-refractivity contribution is 0.354. The van der Waals surface area contributed by atoms with Gasteiger partial charge in [0.1, 0.15) is 5.75 Å². The monoisotopic (exact) mass is 210 g/mol. The number of aryl methyl sites for hydroxylation is 1. The second-order valence-corrected chi connectivity index (χ2v) is 5.36. The summed E-state index contributed by atoms with van der Waals surface area (Å²) in [5.74, 6) is 2.04. The van der Waals surface area contributed by atoms with E-state index in [1.807, 2.05) is 11.3 Å². The third kappa shape index (κ3) is 2.11. The fourth-order valence-electron chi connectivity index (χ4n) is 1.88. The summed E-state index contributed by atoms with van der Waals surface area (Å²) in [6.45, 7) is 5.47. The first-order chi connectivity index (χ1) is 6.77. The van der Waals surface area contributed by atoms with Crippen LogP contribution in [0.1, 0.15) is 37.1 Å². The first-order valence-corrected chi connectivity index (χ1v) is 6.37.